The standard InChI is InChI=1S/C54H41NS/c1-53(2)43-23-9-5-18-41(43)50-36(20-14-25-45(50)53)34-30-32-35(33-31-34)55(48-28-15-26-46-51(48)42-19-6-10-24-44(42)54(46,3)4)47-27-11-7-16-37(47)39-21-13-22-40-38-17-8-12-29-49(38)56-52(39)40/h5-33H,1-4H3. The highest BCUT2D eigenvalue weighted by Gasteiger charge is 2.39. The summed E-state index contributed by atoms with van der Waals surface area (Å²) in [5.74, 6) is 0. The average molecular weight is 736 g/mol. The second-order valence-electron chi connectivity index (χ2n) is 16.4. The molecule has 1 nitrogen and oxygen atoms in total. The summed E-state index contributed by atoms with van der Waals surface area (Å²) in [5, 5.41) is 2.63. The van der Waals surface area contributed by atoms with Gasteiger partial charge in [-0.05, 0) is 80.4 Å². The van der Waals surface area contributed by atoms with E-state index in [4.69, 9.17) is 0 Å². The van der Waals surface area contributed by atoms with Crippen LogP contribution in [0.5, 0.6) is 0 Å². The number of hydrogen-bond acceptors (Lipinski definition) is 2. The first-order chi connectivity index (χ1) is 27.3. The summed E-state index contributed by atoms with van der Waals surface area (Å²) >= 11 is 1.89. The van der Waals surface area contributed by atoms with Crippen LogP contribution in [-0.4, -0.2) is 0 Å². The quantitative estimate of drug-likeness (QED) is 0.170. The van der Waals surface area contributed by atoms with Crippen molar-refractivity contribution in [2.24, 2.45) is 0 Å². The fraction of sp³-hybridized carbons (Fsp3) is 0.111. The second kappa shape index (κ2) is 12.1. The molecule has 0 atom stereocenters. The molecule has 0 amide bonds. The fourth-order valence-electron chi connectivity index (χ4n) is 9.97. The molecule has 0 spiro atoms. The van der Waals surface area contributed by atoms with Gasteiger partial charge in [0.1, 0.15) is 0 Å². The predicted molar refractivity (Wildman–Crippen MR) is 240 cm³/mol. The monoisotopic (exact) mass is 735 g/mol. The highest BCUT2D eigenvalue weighted by Crippen LogP contribution is 2.56. The molecule has 0 saturated heterocycles. The lowest BCUT2D eigenvalue weighted by Crippen LogP contribution is -2.16. The summed E-state index contributed by atoms with van der Waals surface area (Å²) in [5.41, 5.74) is 19.2. The third kappa shape index (κ3) is 4.66. The van der Waals surface area contributed by atoms with Crippen LogP contribution in [0, 0.1) is 0 Å². The van der Waals surface area contributed by atoms with Crippen LogP contribution in [-0.2, 0) is 10.8 Å². The Balaban J connectivity index is 1.14. The van der Waals surface area contributed by atoms with Crippen LogP contribution in [0.2, 0.25) is 0 Å². The predicted octanol–water partition coefficient (Wildman–Crippen LogP) is 15.5. The summed E-state index contributed by atoms with van der Waals surface area (Å²) in [6.45, 7) is 9.46. The largest absolute Gasteiger partial charge is 0.309 e. The molecule has 0 fully saturated rings. The molecule has 2 aliphatic rings. The minimum absolute atomic E-state index is 0.0442. The van der Waals surface area contributed by atoms with Crippen molar-refractivity contribution in [2.75, 3.05) is 4.90 Å². The van der Waals surface area contributed by atoms with Crippen LogP contribution in [0.4, 0.5) is 17.1 Å². The van der Waals surface area contributed by atoms with Crippen molar-refractivity contribution in [2.45, 2.75) is 38.5 Å². The van der Waals surface area contributed by atoms with E-state index in [-0.39, 0.29) is 10.8 Å². The van der Waals surface area contributed by atoms with Crippen molar-refractivity contribution in [3.05, 3.63) is 198 Å². The summed E-state index contributed by atoms with van der Waals surface area (Å²) in [6, 6.07) is 65.7. The van der Waals surface area contributed by atoms with Crippen LogP contribution in [0.3, 0.4) is 0 Å². The molecule has 2 heteroatoms. The Kier molecular flexibility index (Phi) is 7.18. The van der Waals surface area contributed by atoms with Crippen LogP contribution in [0.15, 0.2) is 176 Å². The molecule has 268 valence electrons. The Morgan fingerprint density at radius 3 is 1.62 bits per heavy atom. The molecular weight excluding hydrogens is 695 g/mol. The highest BCUT2D eigenvalue weighted by molar-refractivity contribution is 7.26. The molecule has 1 aromatic heterocycles. The molecule has 11 rings (SSSR count). The lowest BCUT2D eigenvalue weighted by Gasteiger charge is -2.31. The first-order valence-electron chi connectivity index (χ1n) is 19.7. The van der Waals surface area contributed by atoms with Gasteiger partial charge in [-0.25, -0.2) is 0 Å². The van der Waals surface area contributed by atoms with E-state index in [0.29, 0.717) is 0 Å². The smallest absolute Gasteiger partial charge is 0.0543 e. The Morgan fingerprint density at radius 2 is 0.875 bits per heavy atom. The van der Waals surface area contributed by atoms with Crippen LogP contribution < -0.4 is 4.90 Å². The van der Waals surface area contributed by atoms with Crippen molar-refractivity contribution >= 4 is 48.6 Å². The van der Waals surface area contributed by atoms with Crippen LogP contribution >= 0.6 is 11.3 Å². The van der Waals surface area contributed by atoms with Crippen LogP contribution in [0.25, 0.3) is 64.7 Å². The molecule has 0 radical (unpaired) electrons. The number of anilines is 3. The number of rotatable bonds is 5. The minimum Gasteiger partial charge on any atom is -0.309 e. The summed E-state index contributed by atoms with van der Waals surface area (Å²) in [6.07, 6.45) is 0. The first-order valence-corrected chi connectivity index (χ1v) is 20.5. The van der Waals surface area contributed by atoms with E-state index < -0.39 is 0 Å². The van der Waals surface area contributed by atoms with Crippen molar-refractivity contribution in [3.63, 3.8) is 0 Å². The number of para-hydroxylation sites is 1. The van der Waals surface area contributed by atoms with E-state index >= 15 is 0 Å². The molecule has 0 unspecified atom stereocenters. The van der Waals surface area contributed by atoms with Gasteiger partial charge in [-0.15, -0.1) is 11.3 Å². The Labute approximate surface area is 333 Å². The zero-order valence-electron chi connectivity index (χ0n) is 32.1. The van der Waals surface area contributed by atoms with Crippen molar-refractivity contribution in [1.29, 1.82) is 0 Å². The molecule has 0 N–H and O–H groups in total. The maximum absolute atomic E-state index is 2.52. The minimum atomic E-state index is -0.114. The molecule has 1 heterocycles. The summed E-state index contributed by atoms with van der Waals surface area (Å²) < 4.78 is 2.64. The van der Waals surface area contributed by atoms with Crippen molar-refractivity contribution < 1.29 is 0 Å². The Hall–Kier alpha value is -6.22. The molecule has 9 aromatic rings. The lowest BCUT2D eigenvalue weighted by molar-refractivity contribution is 0.660. The first kappa shape index (κ1) is 33.1. The van der Waals surface area contributed by atoms with E-state index in [0.717, 1.165) is 11.4 Å². The van der Waals surface area contributed by atoms with Gasteiger partial charge in [-0.2, -0.15) is 0 Å². The second-order valence-corrected chi connectivity index (χ2v) is 17.5. The molecule has 0 aliphatic heterocycles. The SMILES string of the molecule is CC1(C)c2ccccc2-c2c(-c3ccc(N(c4ccccc4-c4cccc5c4sc4ccccc45)c4cccc5c4-c4ccccc4C5(C)C)cc3)cccc21. The molecule has 56 heavy (non-hydrogen) atoms. The normalized spacial score (nSPS) is 14.4. The maximum Gasteiger partial charge on any atom is 0.0543 e. The van der Waals surface area contributed by atoms with Gasteiger partial charge < -0.3 is 4.90 Å². The molecule has 2 aliphatic carbocycles. The zero-order valence-corrected chi connectivity index (χ0v) is 32.9. The molecular formula is C54H41NS. The number of benzene rings is 8. The molecule has 8 aromatic carbocycles. The van der Waals surface area contributed by atoms with E-state index in [2.05, 4.69) is 209 Å². The zero-order chi connectivity index (χ0) is 37.8. The number of hydrogen-bond donors (Lipinski definition) is 0. The van der Waals surface area contributed by atoms with Gasteiger partial charge >= 0.3 is 0 Å². The number of fused-ring (bicyclic) bond motifs is 9. The average Bonchev–Trinajstić information content (AvgIpc) is 3.82. The van der Waals surface area contributed by atoms with Gasteiger partial charge in [0.15, 0.2) is 0 Å². The van der Waals surface area contributed by atoms with Gasteiger partial charge in [0, 0.05) is 53.4 Å². The van der Waals surface area contributed by atoms with E-state index in [9.17, 15) is 0 Å². The van der Waals surface area contributed by atoms with Crippen LogP contribution in [0.1, 0.15) is 49.9 Å². The third-order valence-corrected chi connectivity index (χ3v) is 13.9. The van der Waals surface area contributed by atoms with Gasteiger partial charge in [0.25, 0.3) is 0 Å². The third-order valence-electron chi connectivity index (χ3n) is 12.7. The van der Waals surface area contributed by atoms with E-state index in [1.54, 1.807) is 0 Å². The van der Waals surface area contributed by atoms with Crippen molar-refractivity contribution in [3.8, 4) is 44.5 Å². The molecule has 0 saturated carbocycles. The van der Waals surface area contributed by atoms with Gasteiger partial charge in [0.2, 0.25) is 0 Å². The van der Waals surface area contributed by atoms with Gasteiger partial charge in [-0.1, -0.05) is 173 Å². The summed E-state index contributed by atoms with van der Waals surface area (Å²) in [4.78, 5) is 2.52. The Bertz CT molecular complexity index is 3030. The van der Waals surface area contributed by atoms with Gasteiger partial charge in [0.05, 0.1) is 11.4 Å². The van der Waals surface area contributed by atoms with E-state index in [1.165, 1.54) is 92.6 Å². The van der Waals surface area contributed by atoms with E-state index in [1.807, 2.05) is 11.3 Å². The topological polar surface area (TPSA) is 3.24 Å². The Morgan fingerprint density at radius 1 is 0.375 bits per heavy atom. The fourth-order valence-corrected chi connectivity index (χ4v) is 11.2. The molecule has 0 bridgehead atoms. The van der Waals surface area contributed by atoms with Gasteiger partial charge in [-0.3, -0.25) is 0 Å². The highest BCUT2D eigenvalue weighted by atomic mass is 32.1. The maximum atomic E-state index is 2.52. The lowest BCUT2D eigenvalue weighted by atomic mass is 9.82. The number of nitrogens with zero attached hydrogens (tertiary/aromatic N) is 1. The van der Waals surface area contributed by atoms with Crippen molar-refractivity contribution in [1.82, 2.24) is 0 Å². The summed E-state index contributed by atoms with van der Waals surface area (Å²) in [7, 11) is 0. The number of thiophene rings is 1.